The van der Waals surface area contributed by atoms with Gasteiger partial charge in [-0.1, -0.05) is 6.07 Å². The molecule has 2 N–H and O–H groups in total. The van der Waals surface area contributed by atoms with Crippen molar-refractivity contribution in [3.05, 3.63) is 67.9 Å². The summed E-state index contributed by atoms with van der Waals surface area (Å²) < 4.78 is 23.3. The van der Waals surface area contributed by atoms with E-state index in [4.69, 9.17) is 24.7 Å². The van der Waals surface area contributed by atoms with E-state index in [2.05, 4.69) is 37.9 Å². The second kappa shape index (κ2) is 8.80. The molecule has 0 amide bonds. The molecule has 0 aliphatic carbocycles. The van der Waals surface area contributed by atoms with Gasteiger partial charge in [0.2, 0.25) is 5.88 Å². The topological polar surface area (TPSA) is 86.7 Å². The van der Waals surface area contributed by atoms with Gasteiger partial charge in [0.15, 0.2) is 11.5 Å². The van der Waals surface area contributed by atoms with Gasteiger partial charge in [0.05, 0.1) is 30.3 Å². The molecule has 0 spiro atoms. The number of nitrogens with zero attached hydrogens (tertiary/aromatic N) is 1. The van der Waals surface area contributed by atoms with Gasteiger partial charge in [-0.05, 0) is 67.8 Å². The van der Waals surface area contributed by atoms with Gasteiger partial charge in [-0.15, -0.1) is 0 Å². The quantitative estimate of drug-likeness (QED) is 0.590. The van der Waals surface area contributed by atoms with Crippen molar-refractivity contribution in [1.29, 1.82) is 5.26 Å². The molecule has 8 heteroatoms. The van der Waals surface area contributed by atoms with Gasteiger partial charge >= 0.3 is 0 Å². The molecule has 0 fully saturated rings. The van der Waals surface area contributed by atoms with Crippen LogP contribution in [0, 0.1) is 11.3 Å². The third-order valence-corrected chi connectivity index (χ3v) is 5.67. The number of allylic oxidation sites excluding steroid dienone is 2. The van der Waals surface area contributed by atoms with Crippen molar-refractivity contribution in [2.45, 2.75) is 5.92 Å². The molecule has 0 saturated carbocycles. The first-order valence-corrected chi connectivity index (χ1v) is 10.1. The molecule has 1 atom stereocenters. The third-order valence-electron chi connectivity index (χ3n) is 4.49. The second-order valence-corrected chi connectivity index (χ2v) is 7.80. The Kier molecular flexibility index (Phi) is 6.40. The Morgan fingerprint density at radius 2 is 1.66 bits per heavy atom. The summed E-state index contributed by atoms with van der Waals surface area (Å²) >= 11 is 6.99. The molecular weight excluding hydrogens is 504 g/mol. The van der Waals surface area contributed by atoms with Crippen molar-refractivity contribution in [2.75, 3.05) is 21.3 Å². The molecule has 3 rings (SSSR count). The van der Waals surface area contributed by atoms with Crippen LogP contribution in [0.1, 0.15) is 17.0 Å². The van der Waals surface area contributed by atoms with Gasteiger partial charge in [0.25, 0.3) is 0 Å². The van der Waals surface area contributed by atoms with E-state index in [1.807, 2.05) is 30.3 Å². The Morgan fingerprint density at radius 1 is 1.00 bits per heavy atom. The van der Waals surface area contributed by atoms with Crippen LogP contribution in [-0.4, -0.2) is 21.3 Å². The first kappa shape index (κ1) is 21.1. The first-order chi connectivity index (χ1) is 13.9. The average molecular weight is 522 g/mol. The average Bonchev–Trinajstić information content (AvgIpc) is 2.72. The molecule has 2 aromatic rings. The first-order valence-electron chi connectivity index (χ1n) is 8.48. The van der Waals surface area contributed by atoms with Crippen LogP contribution in [0.2, 0.25) is 0 Å². The lowest BCUT2D eigenvalue weighted by atomic mass is 9.88. The van der Waals surface area contributed by atoms with Crippen molar-refractivity contribution >= 4 is 37.6 Å². The summed E-state index contributed by atoms with van der Waals surface area (Å²) in [6.07, 6.45) is 1.86. The molecule has 1 unspecified atom stereocenters. The molecule has 2 aromatic carbocycles. The lowest BCUT2D eigenvalue weighted by Gasteiger charge is -2.24. The predicted octanol–water partition coefficient (Wildman–Crippen LogP) is 5.09. The predicted molar refractivity (Wildman–Crippen MR) is 117 cm³/mol. The van der Waals surface area contributed by atoms with Crippen LogP contribution in [0.3, 0.4) is 0 Å². The Morgan fingerprint density at radius 3 is 2.21 bits per heavy atom. The zero-order valence-electron chi connectivity index (χ0n) is 16.0. The summed E-state index contributed by atoms with van der Waals surface area (Å²) in [6, 6.07) is 11.4. The number of nitriles is 1. The number of nitrogens with two attached hydrogens (primary N) is 1. The van der Waals surface area contributed by atoms with Crippen LogP contribution in [-0.2, 0) is 4.74 Å². The van der Waals surface area contributed by atoms with Gasteiger partial charge < -0.3 is 24.7 Å². The monoisotopic (exact) mass is 520 g/mol. The minimum Gasteiger partial charge on any atom is -0.494 e. The van der Waals surface area contributed by atoms with E-state index < -0.39 is 5.92 Å². The molecule has 0 aromatic heterocycles. The fourth-order valence-corrected chi connectivity index (χ4v) is 4.59. The highest BCUT2D eigenvalue weighted by molar-refractivity contribution is 9.11. The van der Waals surface area contributed by atoms with Crippen LogP contribution in [0.4, 0.5) is 0 Å². The van der Waals surface area contributed by atoms with Gasteiger partial charge in [-0.3, -0.25) is 0 Å². The van der Waals surface area contributed by atoms with E-state index in [9.17, 15) is 5.26 Å². The summed E-state index contributed by atoms with van der Waals surface area (Å²) in [4.78, 5) is 0. The number of hydrogen-bond acceptors (Lipinski definition) is 6. The maximum absolute atomic E-state index is 9.65. The lowest BCUT2D eigenvalue weighted by molar-refractivity contribution is 0.353. The molecular formula is C21H18Br2N2O4. The molecule has 0 saturated heterocycles. The van der Waals surface area contributed by atoms with Gasteiger partial charge in [0, 0.05) is 11.5 Å². The van der Waals surface area contributed by atoms with Crippen molar-refractivity contribution in [1.82, 2.24) is 0 Å². The number of rotatable bonds is 5. The van der Waals surface area contributed by atoms with E-state index in [1.165, 1.54) is 0 Å². The Labute approximate surface area is 185 Å². The largest absolute Gasteiger partial charge is 0.494 e. The number of methoxy groups -OCH3 is 3. The fraction of sp³-hybridized carbons (Fsp3) is 0.190. The fourth-order valence-electron chi connectivity index (χ4n) is 3.08. The summed E-state index contributed by atoms with van der Waals surface area (Å²) in [5.74, 6) is 2.03. The number of benzene rings is 2. The molecule has 6 nitrogen and oxygen atoms in total. The van der Waals surface area contributed by atoms with E-state index >= 15 is 0 Å². The molecule has 29 heavy (non-hydrogen) atoms. The van der Waals surface area contributed by atoms with Crippen LogP contribution >= 0.6 is 31.9 Å². The second-order valence-electron chi connectivity index (χ2n) is 6.09. The summed E-state index contributed by atoms with van der Waals surface area (Å²) in [5, 5.41) is 9.65. The molecule has 1 aliphatic rings. The highest BCUT2D eigenvalue weighted by atomic mass is 79.9. The maximum Gasteiger partial charge on any atom is 0.205 e. The van der Waals surface area contributed by atoms with E-state index in [0.717, 1.165) is 20.1 Å². The van der Waals surface area contributed by atoms with Crippen LogP contribution in [0.15, 0.2) is 56.8 Å². The van der Waals surface area contributed by atoms with Crippen LogP contribution in [0.25, 0.3) is 5.76 Å². The van der Waals surface area contributed by atoms with Gasteiger partial charge in [0.1, 0.15) is 23.2 Å². The lowest BCUT2D eigenvalue weighted by Crippen LogP contribution is -2.16. The van der Waals surface area contributed by atoms with Crippen molar-refractivity contribution in [2.24, 2.45) is 5.73 Å². The van der Waals surface area contributed by atoms with E-state index in [0.29, 0.717) is 28.6 Å². The Bertz CT molecular complexity index is 1030. The molecule has 150 valence electrons. The van der Waals surface area contributed by atoms with Crippen molar-refractivity contribution in [3.63, 3.8) is 0 Å². The minimum absolute atomic E-state index is 0.0628. The van der Waals surface area contributed by atoms with Gasteiger partial charge in [-0.25, -0.2) is 0 Å². The highest BCUT2D eigenvalue weighted by Gasteiger charge is 2.27. The summed E-state index contributed by atoms with van der Waals surface area (Å²) in [7, 11) is 4.73. The summed E-state index contributed by atoms with van der Waals surface area (Å²) in [5.41, 5.74) is 8.02. The number of halogens is 2. The normalized spacial score (nSPS) is 15.9. The van der Waals surface area contributed by atoms with E-state index in [-0.39, 0.29) is 5.88 Å². The number of ether oxygens (including phenoxy) is 4. The smallest absolute Gasteiger partial charge is 0.205 e. The minimum atomic E-state index is -0.400. The number of hydrogen-bond donors (Lipinski definition) is 1. The van der Waals surface area contributed by atoms with Crippen LogP contribution < -0.4 is 19.9 Å². The standard InChI is InChI=1S/C21H18Br2N2O4/c1-26-17-5-4-11(8-19(17)27-2)13-9-18(29-21(25)14(13)10-24)12-6-15(22)20(28-3)16(23)7-12/h4-9,13H,25H2,1-3H3. The van der Waals surface area contributed by atoms with Crippen molar-refractivity contribution in [3.8, 4) is 23.3 Å². The summed E-state index contributed by atoms with van der Waals surface area (Å²) in [6.45, 7) is 0. The molecule has 1 heterocycles. The van der Waals surface area contributed by atoms with Crippen molar-refractivity contribution < 1.29 is 18.9 Å². The highest BCUT2D eigenvalue weighted by Crippen LogP contribution is 2.42. The maximum atomic E-state index is 9.65. The third kappa shape index (κ3) is 4.07. The van der Waals surface area contributed by atoms with E-state index in [1.54, 1.807) is 27.4 Å². The molecule has 0 radical (unpaired) electrons. The Hall–Kier alpha value is -2.63. The zero-order chi connectivity index (χ0) is 21.1. The molecule has 1 aliphatic heterocycles. The zero-order valence-corrected chi connectivity index (χ0v) is 19.1. The molecule has 0 bridgehead atoms. The SMILES string of the molecule is COc1ccc(C2C=C(c3cc(Br)c(OC)c(Br)c3)OC(N)=C2C#N)cc1OC. The van der Waals surface area contributed by atoms with Crippen LogP contribution in [0.5, 0.6) is 17.2 Å². The van der Waals surface area contributed by atoms with Gasteiger partial charge in [-0.2, -0.15) is 5.26 Å². The Balaban J connectivity index is 2.11.